The molecule has 8 heteroatoms. The van der Waals surface area contributed by atoms with Crippen LogP contribution in [0.3, 0.4) is 0 Å². The lowest BCUT2D eigenvalue weighted by atomic mass is 10.2. The highest BCUT2D eigenvalue weighted by atomic mass is 35.5. The molecule has 3 rings (SSSR count). The predicted octanol–water partition coefficient (Wildman–Crippen LogP) is 3.76. The summed E-state index contributed by atoms with van der Waals surface area (Å²) in [7, 11) is -3.44. The van der Waals surface area contributed by atoms with Gasteiger partial charge in [-0.3, -0.25) is 4.79 Å². The van der Waals surface area contributed by atoms with E-state index in [1.54, 1.807) is 40.7 Å². The van der Waals surface area contributed by atoms with Crippen LogP contribution in [0.1, 0.15) is 24.1 Å². The molecule has 1 fully saturated rings. The number of anilines is 1. The third-order valence-corrected chi connectivity index (χ3v) is 7.71. The third-order valence-electron chi connectivity index (χ3n) is 4.01. The predicted molar refractivity (Wildman–Crippen MR) is 101 cm³/mol. The van der Waals surface area contributed by atoms with Gasteiger partial charge < -0.3 is 5.32 Å². The number of amides is 1. The zero-order valence-corrected chi connectivity index (χ0v) is 16.0. The van der Waals surface area contributed by atoms with Crippen molar-refractivity contribution in [2.24, 2.45) is 0 Å². The van der Waals surface area contributed by atoms with E-state index in [0.29, 0.717) is 28.0 Å². The van der Waals surface area contributed by atoms with Crippen molar-refractivity contribution in [1.82, 2.24) is 4.31 Å². The molecule has 1 aliphatic heterocycles. The highest BCUT2D eigenvalue weighted by molar-refractivity contribution is 7.91. The molecule has 0 bridgehead atoms. The first-order chi connectivity index (χ1) is 11.9. The van der Waals surface area contributed by atoms with E-state index in [0.717, 1.165) is 35.5 Å². The lowest BCUT2D eigenvalue weighted by Gasteiger charge is -2.25. The minimum absolute atomic E-state index is 0.142. The van der Waals surface area contributed by atoms with E-state index in [9.17, 15) is 13.2 Å². The number of hydrogen-bond acceptors (Lipinski definition) is 4. The first-order valence-corrected chi connectivity index (χ1v) is 10.7. The van der Waals surface area contributed by atoms with Gasteiger partial charge in [-0.1, -0.05) is 18.0 Å². The summed E-state index contributed by atoms with van der Waals surface area (Å²) in [4.78, 5) is 12.9. The summed E-state index contributed by atoms with van der Waals surface area (Å²) in [6.45, 7) is 1.15. The fraction of sp³-hybridized carbons (Fsp3) is 0.353. The summed E-state index contributed by atoms with van der Waals surface area (Å²) in [5.74, 6) is -0.189. The van der Waals surface area contributed by atoms with Crippen LogP contribution in [0.15, 0.2) is 40.6 Å². The molecule has 1 aromatic carbocycles. The topological polar surface area (TPSA) is 66.5 Å². The molecule has 0 unspecified atom stereocenters. The van der Waals surface area contributed by atoms with Gasteiger partial charge in [0.05, 0.1) is 6.42 Å². The summed E-state index contributed by atoms with van der Waals surface area (Å²) in [5, 5.41) is 3.38. The number of rotatable bonds is 5. The third kappa shape index (κ3) is 4.61. The van der Waals surface area contributed by atoms with Crippen LogP contribution >= 0.6 is 22.9 Å². The van der Waals surface area contributed by atoms with E-state index >= 15 is 0 Å². The van der Waals surface area contributed by atoms with Crippen LogP contribution in [0, 0.1) is 0 Å². The Morgan fingerprint density at radius 1 is 1.08 bits per heavy atom. The van der Waals surface area contributed by atoms with Gasteiger partial charge in [-0.05, 0) is 49.2 Å². The van der Waals surface area contributed by atoms with Crippen LogP contribution in [-0.4, -0.2) is 31.7 Å². The Morgan fingerprint density at radius 3 is 2.44 bits per heavy atom. The van der Waals surface area contributed by atoms with Crippen LogP contribution in [0.4, 0.5) is 5.69 Å². The zero-order valence-electron chi connectivity index (χ0n) is 13.6. The molecule has 0 spiro atoms. The van der Waals surface area contributed by atoms with Crippen molar-refractivity contribution in [1.29, 1.82) is 0 Å². The smallest absolute Gasteiger partial charge is 0.252 e. The van der Waals surface area contributed by atoms with Crippen molar-refractivity contribution >= 4 is 44.6 Å². The number of sulfonamides is 1. The molecule has 0 atom stereocenters. The largest absolute Gasteiger partial charge is 0.326 e. The average Bonchev–Trinajstić information content (AvgIpc) is 3.07. The molecular formula is C17H19ClN2O3S2. The van der Waals surface area contributed by atoms with Crippen molar-refractivity contribution in [3.63, 3.8) is 0 Å². The van der Waals surface area contributed by atoms with Crippen LogP contribution in [0.2, 0.25) is 5.02 Å². The van der Waals surface area contributed by atoms with Gasteiger partial charge in [0.1, 0.15) is 4.21 Å². The molecule has 0 saturated carbocycles. The Balaban J connectivity index is 1.64. The molecule has 5 nitrogen and oxygen atoms in total. The average molecular weight is 399 g/mol. The molecule has 2 aromatic rings. The molecule has 25 heavy (non-hydrogen) atoms. The first-order valence-electron chi connectivity index (χ1n) is 8.09. The summed E-state index contributed by atoms with van der Waals surface area (Å²) in [6, 6.07) is 10.2. The van der Waals surface area contributed by atoms with Gasteiger partial charge in [0.25, 0.3) is 10.0 Å². The highest BCUT2D eigenvalue weighted by Crippen LogP contribution is 2.27. The fourth-order valence-electron chi connectivity index (χ4n) is 2.72. The van der Waals surface area contributed by atoms with Gasteiger partial charge in [0.2, 0.25) is 5.91 Å². The minimum atomic E-state index is -3.44. The minimum Gasteiger partial charge on any atom is -0.326 e. The number of carbonyl (C=O) groups is 1. The molecule has 1 N–H and O–H groups in total. The van der Waals surface area contributed by atoms with Gasteiger partial charge in [-0.15, -0.1) is 11.3 Å². The van der Waals surface area contributed by atoms with E-state index in [1.165, 1.54) is 0 Å². The Labute approximate surface area is 156 Å². The molecule has 134 valence electrons. The Kier molecular flexibility index (Phi) is 5.78. The van der Waals surface area contributed by atoms with Crippen molar-refractivity contribution in [2.45, 2.75) is 29.9 Å². The molecule has 0 aliphatic carbocycles. The second kappa shape index (κ2) is 7.86. The number of hydrogen-bond donors (Lipinski definition) is 1. The summed E-state index contributed by atoms with van der Waals surface area (Å²) in [5.41, 5.74) is 0.659. The lowest BCUT2D eigenvalue weighted by molar-refractivity contribution is -0.115. The number of benzene rings is 1. The normalized spacial score (nSPS) is 15.9. The van der Waals surface area contributed by atoms with Gasteiger partial charge in [-0.25, -0.2) is 8.42 Å². The molecular weight excluding hydrogens is 380 g/mol. The number of carbonyl (C=O) groups excluding carboxylic acids is 1. The SMILES string of the molecule is O=C(Cc1ccc(S(=O)(=O)N2CCCCC2)s1)Nc1ccc(Cl)cc1. The van der Waals surface area contributed by atoms with E-state index in [1.807, 2.05) is 0 Å². The van der Waals surface area contributed by atoms with Crippen molar-refractivity contribution in [2.75, 3.05) is 18.4 Å². The number of nitrogens with one attached hydrogen (secondary N) is 1. The standard InChI is InChI=1S/C17H19ClN2O3S2/c18-13-4-6-14(7-5-13)19-16(21)12-15-8-9-17(24-15)25(22,23)20-10-2-1-3-11-20/h4-9H,1-3,10-12H2,(H,19,21). The fourth-order valence-corrected chi connectivity index (χ4v) is 5.87. The number of piperidine rings is 1. The molecule has 1 saturated heterocycles. The molecule has 1 amide bonds. The van der Waals surface area contributed by atoms with Crippen molar-refractivity contribution in [3.8, 4) is 0 Å². The maximum atomic E-state index is 12.6. The molecule has 2 heterocycles. The van der Waals surface area contributed by atoms with Gasteiger partial charge in [0.15, 0.2) is 0 Å². The van der Waals surface area contributed by atoms with Crippen LogP contribution in [-0.2, 0) is 21.2 Å². The Morgan fingerprint density at radius 2 is 1.76 bits per heavy atom. The second-order valence-electron chi connectivity index (χ2n) is 5.92. The van der Waals surface area contributed by atoms with Gasteiger partial charge >= 0.3 is 0 Å². The number of halogens is 1. The van der Waals surface area contributed by atoms with Crippen LogP contribution < -0.4 is 5.32 Å². The first kappa shape index (κ1) is 18.4. The lowest BCUT2D eigenvalue weighted by Crippen LogP contribution is -2.35. The second-order valence-corrected chi connectivity index (χ2v) is 9.69. The Hall–Kier alpha value is -1.41. The van der Waals surface area contributed by atoms with E-state index in [2.05, 4.69) is 5.32 Å². The zero-order chi connectivity index (χ0) is 17.9. The van der Waals surface area contributed by atoms with Gasteiger partial charge in [-0.2, -0.15) is 4.31 Å². The van der Waals surface area contributed by atoms with Crippen LogP contribution in [0.5, 0.6) is 0 Å². The maximum Gasteiger partial charge on any atom is 0.252 e. The molecule has 1 aliphatic rings. The quantitative estimate of drug-likeness (QED) is 0.833. The summed E-state index contributed by atoms with van der Waals surface area (Å²) < 4.78 is 27.1. The molecule has 1 aromatic heterocycles. The van der Waals surface area contributed by atoms with Crippen molar-refractivity contribution < 1.29 is 13.2 Å². The van der Waals surface area contributed by atoms with Crippen LogP contribution in [0.25, 0.3) is 0 Å². The monoisotopic (exact) mass is 398 g/mol. The number of nitrogens with zero attached hydrogens (tertiary/aromatic N) is 1. The van der Waals surface area contributed by atoms with Gasteiger partial charge in [0, 0.05) is 28.7 Å². The highest BCUT2D eigenvalue weighted by Gasteiger charge is 2.27. The summed E-state index contributed by atoms with van der Waals surface area (Å²) >= 11 is 6.98. The summed E-state index contributed by atoms with van der Waals surface area (Å²) in [6.07, 6.45) is 3.03. The van der Waals surface area contributed by atoms with E-state index < -0.39 is 10.0 Å². The Bertz CT molecular complexity index is 841. The molecule has 0 radical (unpaired) electrons. The number of thiophene rings is 1. The maximum absolute atomic E-state index is 12.6. The van der Waals surface area contributed by atoms with E-state index in [4.69, 9.17) is 11.6 Å². The van der Waals surface area contributed by atoms with Crippen molar-refractivity contribution in [3.05, 3.63) is 46.3 Å². The van der Waals surface area contributed by atoms with E-state index in [-0.39, 0.29) is 12.3 Å².